The molecule has 0 saturated heterocycles. The summed E-state index contributed by atoms with van der Waals surface area (Å²) in [5, 5.41) is 0. The first-order chi connectivity index (χ1) is 15.1. The predicted molar refractivity (Wildman–Crippen MR) is 128 cm³/mol. The summed E-state index contributed by atoms with van der Waals surface area (Å²) >= 11 is 0. The summed E-state index contributed by atoms with van der Waals surface area (Å²) in [5.74, 6) is 1.55. The number of fused-ring (bicyclic) bond motifs is 1. The molecule has 3 N–H and O–H groups in total. The number of aromatic nitrogens is 2. The maximum atomic E-state index is 12.4. The third-order valence-corrected chi connectivity index (χ3v) is 9.45. The number of anilines is 1. The maximum Gasteiger partial charge on any atom is 0.246 e. The molecule has 1 saturated carbocycles. The van der Waals surface area contributed by atoms with Crippen LogP contribution in [0.1, 0.15) is 70.4 Å². The second-order valence-corrected chi connectivity index (χ2v) is 12.8. The van der Waals surface area contributed by atoms with E-state index in [4.69, 9.17) is 15.5 Å². The maximum absolute atomic E-state index is 12.4. The van der Waals surface area contributed by atoms with Crippen LogP contribution in [0, 0.1) is 5.92 Å². The van der Waals surface area contributed by atoms with Gasteiger partial charge in [-0.15, -0.1) is 0 Å². The Morgan fingerprint density at radius 2 is 1.81 bits per heavy atom. The Hall–Kier alpha value is -2.24. The van der Waals surface area contributed by atoms with E-state index < -0.39 is 13.0 Å². The van der Waals surface area contributed by atoms with Crippen molar-refractivity contribution in [3.63, 3.8) is 0 Å². The molecule has 1 atom stereocenters. The minimum absolute atomic E-state index is 0.155. The number of hydrogen-bond donors (Lipinski definition) is 2. The first-order valence-corrected chi connectivity index (χ1v) is 13.3. The van der Waals surface area contributed by atoms with Gasteiger partial charge in [0.15, 0.2) is 11.5 Å². The van der Waals surface area contributed by atoms with Gasteiger partial charge in [-0.3, -0.25) is 4.57 Å². The molecule has 0 amide bonds. The van der Waals surface area contributed by atoms with Crippen molar-refractivity contribution >= 4 is 24.6 Å². The van der Waals surface area contributed by atoms with Crippen molar-refractivity contribution in [2.45, 2.75) is 70.6 Å². The minimum atomic E-state index is -3.03. The Labute approximate surface area is 190 Å². The summed E-state index contributed by atoms with van der Waals surface area (Å²) in [5.41, 5.74) is 8.77. The molecule has 0 bridgehead atoms. The van der Waals surface area contributed by atoms with E-state index >= 15 is 0 Å². The summed E-state index contributed by atoms with van der Waals surface area (Å²) in [6, 6.07) is 8.53. The highest BCUT2D eigenvalue weighted by molar-refractivity contribution is 7.58. The van der Waals surface area contributed by atoms with Crippen molar-refractivity contribution in [2.24, 2.45) is 10.9 Å². The van der Waals surface area contributed by atoms with Crippen LogP contribution in [0.2, 0.25) is 0 Å². The SMILES string of the molecule is CC(C)P(=O)(O)C[C@H]1CC[C@H](c2ccc(C3=Nc4c(N)ncnc4OC3(C)C)cc2)CC1. The Bertz CT molecular complexity index is 1060. The van der Waals surface area contributed by atoms with Gasteiger partial charge in [0, 0.05) is 17.4 Å². The lowest BCUT2D eigenvalue weighted by Gasteiger charge is -2.32. The third kappa shape index (κ3) is 4.60. The van der Waals surface area contributed by atoms with Crippen LogP contribution in [0.5, 0.6) is 5.88 Å². The van der Waals surface area contributed by atoms with Crippen molar-refractivity contribution in [3.05, 3.63) is 41.7 Å². The number of benzene rings is 1. The molecule has 4 rings (SSSR count). The largest absolute Gasteiger partial charge is 0.463 e. The summed E-state index contributed by atoms with van der Waals surface area (Å²) in [6.07, 6.45) is 5.97. The molecule has 0 spiro atoms. The van der Waals surface area contributed by atoms with Crippen molar-refractivity contribution in [1.82, 2.24) is 9.97 Å². The molecule has 2 aliphatic rings. The van der Waals surface area contributed by atoms with Gasteiger partial charge in [0.05, 0.1) is 5.71 Å². The van der Waals surface area contributed by atoms with Crippen LogP contribution in [0.15, 0.2) is 35.6 Å². The molecule has 1 aliphatic carbocycles. The summed E-state index contributed by atoms with van der Waals surface area (Å²) in [4.78, 5) is 23.2. The van der Waals surface area contributed by atoms with Gasteiger partial charge >= 0.3 is 0 Å². The first kappa shape index (κ1) is 22.9. The average molecular weight is 457 g/mol. The number of hydrogen-bond acceptors (Lipinski definition) is 6. The van der Waals surface area contributed by atoms with Crippen molar-refractivity contribution in [1.29, 1.82) is 0 Å². The molecule has 1 fully saturated rings. The number of ether oxygens (including phenoxy) is 1. The fourth-order valence-electron chi connectivity index (χ4n) is 4.68. The molecular weight excluding hydrogens is 423 g/mol. The van der Waals surface area contributed by atoms with Crippen LogP contribution in [0.4, 0.5) is 11.5 Å². The van der Waals surface area contributed by atoms with E-state index in [0.29, 0.717) is 35.4 Å². The van der Waals surface area contributed by atoms with Gasteiger partial charge in [0.25, 0.3) is 0 Å². The van der Waals surface area contributed by atoms with Crippen molar-refractivity contribution in [2.75, 3.05) is 11.9 Å². The van der Waals surface area contributed by atoms with Gasteiger partial charge in [0.1, 0.15) is 11.9 Å². The van der Waals surface area contributed by atoms with Gasteiger partial charge < -0.3 is 15.4 Å². The van der Waals surface area contributed by atoms with E-state index in [1.165, 1.54) is 11.9 Å². The molecular formula is C24H33N4O3P. The second-order valence-electron chi connectivity index (χ2n) is 9.86. The van der Waals surface area contributed by atoms with Gasteiger partial charge in [-0.25, -0.2) is 9.98 Å². The van der Waals surface area contributed by atoms with Gasteiger partial charge in [-0.1, -0.05) is 38.1 Å². The topological polar surface area (TPSA) is 111 Å². The highest BCUT2D eigenvalue weighted by Crippen LogP contribution is 2.50. The number of aliphatic imine (C=N–C) groups is 1. The monoisotopic (exact) mass is 456 g/mol. The molecule has 1 aromatic carbocycles. The molecule has 1 aliphatic heterocycles. The molecule has 2 heterocycles. The van der Waals surface area contributed by atoms with E-state index in [9.17, 15) is 9.46 Å². The Morgan fingerprint density at radius 1 is 1.16 bits per heavy atom. The smallest absolute Gasteiger partial charge is 0.246 e. The second kappa shape index (κ2) is 8.60. The fraction of sp³-hybridized carbons (Fsp3) is 0.542. The molecule has 7 nitrogen and oxygen atoms in total. The van der Waals surface area contributed by atoms with E-state index in [1.807, 2.05) is 27.7 Å². The number of nitrogens with zero attached hydrogens (tertiary/aromatic N) is 3. The third-order valence-electron chi connectivity index (χ3n) is 6.79. The summed E-state index contributed by atoms with van der Waals surface area (Å²) in [7, 11) is -3.03. The Morgan fingerprint density at radius 3 is 2.44 bits per heavy atom. The molecule has 0 radical (unpaired) electrons. The Balaban J connectivity index is 1.47. The molecule has 32 heavy (non-hydrogen) atoms. The molecule has 1 unspecified atom stereocenters. The minimum Gasteiger partial charge on any atom is -0.463 e. The summed E-state index contributed by atoms with van der Waals surface area (Å²) < 4.78 is 18.5. The highest BCUT2D eigenvalue weighted by atomic mass is 31.2. The van der Waals surface area contributed by atoms with Gasteiger partial charge in [-0.2, -0.15) is 4.98 Å². The summed E-state index contributed by atoms with van der Waals surface area (Å²) in [6.45, 7) is 7.63. The van der Waals surface area contributed by atoms with Gasteiger partial charge in [0.2, 0.25) is 13.2 Å². The number of nitrogens with two attached hydrogens (primary N) is 1. The van der Waals surface area contributed by atoms with Crippen molar-refractivity contribution < 1.29 is 14.2 Å². The van der Waals surface area contributed by atoms with Crippen LogP contribution in [0.25, 0.3) is 0 Å². The Kier molecular flexibility index (Phi) is 6.17. The lowest BCUT2D eigenvalue weighted by Crippen LogP contribution is -2.41. The lowest BCUT2D eigenvalue weighted by atomic mass is 9.79. The zero-order valence-electron chi connectivity index (χ0n) is 19.3. The molecule has 8 heteroatoms. The molecule has 1 aromatic heterocycles. The zero-order valence-corrected chi connectivity index (χ0v) is 20.2. The van der Waals surface area contributed by atoms with Crippen LogP contribution >= 0.6 is 7.37 Å². The quantitative estimate of drug-likeness (QED) is 0.591. The number of nitrogen functional groups attached to an aromatic ring is 1. The lowest BCUT2D eigenvalue weighted by molar-refractivity contribution is 0.171. The predicted octanol–water partition coefficient (Wildman–Crippen LogP) is 5.30. The van der Waals surface area contributed by atoms with Crippen LogP contribution in [-0.2, 0) is 4.57 Å². The average Bonchev–Trinajstić information content (AvgIpc) is 2.73. The molecule has 172 valence electrons. The van der Waals surface area contributed by atoms with E-state index in [0.717, 1.165) is 37.0 Å². The zero-order chi connectivity index (χ0) is 23.1. The number of rotatable bonds is 5. The van der Waals surface area contributed by atoms with Crippen LogP contribution < -0.4 is 10.5 Å². The fourth-order valence-corrected chi connectivity index (χ4v) is 6.20. The first-order valence-electron chi connectivity index (χ1n) is 11.4. The van der Waals surface area contributed by atoms with Crippen LogP contribution in [-0.4, -0.2) is 38.0 Å². The van der Waals surface area contributed by atoms with Crippen LogP contribution in [0.3, 0.4) is 0 Å². The van der Waals surface area contributed by atoms with E-state index in [2.05, 4.69) is 34.2 Å². The highest BCUT2D eigenvalue weighted by Gasteiger charge is 2.35. The van der Waals surface area contributed by atoms with Crippen molar-refractivity contribution in [3.8, 4) is 5.88 Å². The molecule has 2 aromatic rings. The normalized spacial score (nSPS) is 24.2. The standard InChI is InChI=1S/C24H33N4O3P/c1-15(2)32(29,30)13-16-5-7-17(8-6-16)18-9-11-19(12-10-18)21-24(3,4)31-23-20(28-21)22(25)26-14-27-23/h9-12,14-17H,5-8,13H2,1-4H3,(H,29,30)(H2,25,26,27)/t16-,17-. The van der Waals surface area contributed by atoms with Gasteiger partial charge in [-0.05, 0) is 56.9 Å². The van der Waals surface area contributed by atoms with E-state index in [-0.39, 0.29) is 5.66 Å². The van der Waals surface area contributed by atoms with E-state index in [1.54, 1.807) is 0 Å².